The van der Waals surface area contributed by atoms with Gasteiger partial charge in [0.2, 0.25) is 5.91 Å². The minimum absolute atomic E-state index is 0.0352. The van der Waals surface area contributed by atoms with Crippen LogP contribution < -0.4 is 5.32 Å². The van der Waals surface area contributed by atoms with Gasteiger partial charge in [0.25, 0.3) is 5.69 Å². The summed E-state index contributed by atoms with van der Waals surface area (Å²) in [6.45, 7) is 0. The lowest BCUT2D eigenvalue weighted by Gasteiger charge is -2.24. The highest BCUT2D eigenvalue weighted by Crippen LogP contribution is 2.30. The second-order valence-corrected chi connectivity index (χ2v) is 5.31. The second kappa shape index (κ2) is 6.57. The van der Waals surface area contributed by atoms with Crippen molar-refractivity contribution in [3.8, 4) is 0 Å². The first-order valence-electron chi connectivity index (χ1n) is 6.52. The summed E-state index contributed by atoms with van der Waals surface area (Å²) in [5, 5.41) is 22.5. The van der Waals surface area contributed by atoms with E-state index < -0.39 is 28.6 Å². The molecule has 0 spiro atoms. The molecule has 22 heavy (non-hydrogen) atoms. The maximum atomic E-state index is 12.2. The first-order valence-corrected chi connectivity index (χ1v) is 6.90. The molecule has 1 aliphatic rings. The molecule has 0 heterocycles. The third-order valence-corrected chi connectivity index (χ3v) is 3.82. The maximum Gasteiger partial charge on any atom is 0.307 e. The van der Waals surface area contributed by atoms with Gasteiger partial charge in [-0.15, -0.1) is 0 Å². The molecule has 7 nitrogen and oxygen atoms in total. The summed E-state index contributed by atoms with van der Waals surface area (Å²) in [7, 11) is 0. The summed E-state index contributed by atoms with van der Waals surface area (Å²) in [5.41, 5.74) is -0.113. The number of carbonyl (C=O) groups excluding carboxylic acids is 1. The van der Waals surface area contributed by atoms with Gasteiger partial charge in [-0.05, 0) is 25.0 Å². The summed E-state index contributed by atoms with van der Waals surface area (Å²) < 4.78 is 0. The summed E-state index contributed by atoms with van der Waals surface area (Å²) >= 11 is 5.70. The largest absolute Gasteiger partial charge is 0.481 e. The molecular formula is C14H13ClN2O5. The van der Waals surface area contributed by atoms with Gasteiger partial charge in [-0.2, -0.15) is 0 Å². The van der Waals surface area contributed by atoms with E-state index in [0.29, 0.717) is 6.42 Å². The number of hydrogen-bond acceptors (Lipinski definition) is 4. The zero-order valence-corrected chi connectivity index (χ0v) is 12.1. The molecule has 2 N–H and O–H groups in total. The van der Waals surface area contributed by atoms with Gasteiger partial charge in [-0.25, -0.2) is 0 Å². The number of carboxylic acids is 1. The van der Waals surface area contributed by atoms with E-state index in [-0.39, 0.29) is 22.8 Å². The van der Waals surface area contributed by atoms with Crippen molar-refractivity contribution < 1.29 is 19.6 Å². The van der Waals surface area contributed by atoms with Crippen molar-refractivity contribution in [2.24, 2.45) is 11.8 Å². The molecule has 0 fully saturated rings. The Kier molecular flexibility index (Phi) is 4.77. The zero-order chi connectivity index (χ0) is 16.3. The maximum absolute atomic E-state index is 12.2. The normalized spacial score (nSPS) is 20.4. The topological polar surface area (TPSA) is 110 Å². The molecule has 8 heteroatoms. The highest BCUT2D eigenvalue weighted by Gasteiger charge is 2.34. The number of carbonyl (C=O) groups is 2. The minimum Gasteiger partial charge on any atom is -0.481 e. The number of nitro benzene ring substituents is 1. The van der Waals surface area contributed by atoms with E-state index in [4.69, 9.17) is 16.7 Å². The number of halogens is 1. The number of allylic oxidation sites excluding steroid dienone is 2. The average molecular weight is 325 g/mol. The fourth-order valence-corrected chi connectivity index (χ4v) is 2.53. The van der Waals surface area contributed by atoms with Crippen LogP contribution in [0.15, 0.2) is 30.4 Å². The molecule has 0 radical (unpaired) electrons. The van der Waals surface area contributed by atoms with Crippen LogP contribution in [0.4, 0.5) is 11.4 Å². The Balaban J connectivity index is 2.18. The number of nitro groups is 1. The summed E-state index contributed by atoms with van der Waals surface area (Å²) in [5.74, 6) is -3.02. The molecule has 0 aromatic heterocycles. The number of rotatable bonds is 4. The average Bonchev–Trinajstić information content (AvgIpc) is 2.48. The summed E-state index contributed by atoms with van der Waals surface area (Å²) in [4.78, 5) is 33.6. The van der Waals surface area contributed by atoms with Gasteiger partial charge >= 0.3 is 5.97 Å². The van der Waals surface area contributed by atoms with Crippen molar-refractivity contribution in [2.75, 3.05) is 5.32 Å². The van der Waals surface area contributed by atoms with Crippen molar-refractivity contribution in [2.45, 2.75) is 12.8 Å². The Morgan fingerprint density at radius 2 is 1.91 bits per heavy atom. The third kappa shape index (κ3) is 3.43. The van der Waals surface area contributed by atoms with Gasteiger partial charge in [0.05, 0.1) is 16.8 Å². The lowest BCUT2D eigenvalue weighted by atomic mass is 9.82. The van der Waals surface area contributed by atoms with Gasteiger partial charge in [-0.3, -0.25) is 19.7 Å². The minimum atomic E-state index is -1.04. The molecule has 1 amide bonds. The number of benzene rings is 1. The van der Waals surface area contributed by atoms with E-state index in [0.717, 1.165) is 6.07 Å². The number of aliphatic carboxylic acids is 1. The van der Waals surface area contributed by atoms with Crippen molar-refractivity contribution in [3.05, 3.63) is 45.5 Å². The molecule has 116 valence electrons. The molecule has 0 unspecified atom stereocenters. The smallest absolute Gasteiger partial charge is 0.307 e. The van der Waals surface area contributed by atoms with Gasteiger partial charge < -0.3 is 10.4 Å². The van der Waals surface area contributed by atoms with Crippen LogP contribution in [0.3, 0.4) is 0 Å². The van der Waals surface area contributed by atoms with Gasteiger partial charge in [0, 0.05) is 11.8 Å². The first-order chi connectivity index (χ1) is 10.4. The predicted molar refractivity (Wildman–Crippen MR) is 79.7 cm³/mol. The third-order valence-electron chi connectivity index (χ3n) is 3.50. The number of amides is 1. The zero-order valence-electron chi connectivity index (χ0n) is 11.4. The van der Waals surface area contributed by atoms with E-state index in [9.17, 15) is 19.7 Å². The predicted octanol–water partition coefficient (Wildman–Crippen LogP) is 2.85. The molecule has 1 aromatic rings. The SMILES string of the molecule is O=C(Nc1ccc(Cl)c([N+](=O)[O-])c1)[C@H]1CC=CC[C@H]1C(=O)O. The number of anilines is 1. The lowest BCUT2D eigenvalue weighted by molar-refractivity contribution is -0.384. The second-order valence-electron chi connectivity index (χ2n) is 4.91. The number of carboxylic acid groups (broad SMARTS) is 1. The summed E-state index contributed by atoms with van der Waals surface area (Å²) in [6.07, 6.45) is 4.09. The molecule has 2 atom stereocenters. The Bertz CT molecular complexity index is 659. The van der Waals surface area contributed by atoms with E-state index in [2.05, 4.69) is 5.32 Å². The quantitative estimate of drug-likeness (QED) is 0.502. The fraction of sp³-hybridized carbons (Fsp3) is 0.286. The highest BCUT2D eigenvalue weighted by atomic mass is 35.5. The molecule has 0 saturated heterocycles. The Morgan fingerprint density at radius 3 is 2.50 bits per heavy atom. The van der Waals surface area contributed by atoms with Crippen LogP contribution in [-0.4, -0.2) is 21.9 Å². The van der Waals surface area contributed by atoms with Crippen molar-refractivity contribution in [1.82, 2.24) is 0 Å². The number of hydrogen-bond donors (Lipinski definition) is 2. The monoisotopic (exact) mass is 324 g/mol. The Morgan fingerprint density at radius 1 is 1.27 bits per heavy atom. The lowest BCUT2D eigenvalue weighted by Crippen LogP contribution is -2.34. The number of nitrogens with one attached hydrogen (secondary N) is 1. The molecule has 0 saturated carbocycles. The van der Waals surface area contributed by atoms with Crippen LogP contribution in [0.1, 0.15) is 12.8 Å². The van der Waals surface area contributed by atoms with Crippen molar-refractivity contribution in [1.29, 1.82) is 0 Å². The van der Waals surface area contributed by atoms with E-state index in [1.165, 1.54) is 12.1 Å². The van der Waals surface area contributed by atoms with Crippen LogP contribution in [0.2, 0.25) is 5.02 Å². The van der Waals surface area contributed by atoms with Crippen molar-refractivity contribution in [3.63, 3.8) is 0 Å². The van der Waals surface area contributed by atoms with E-state index in [1.807, 2.05) is 0 Å². The first kappa shape index (κ1) is 16.0. The molecule has 2 rings (SSSR count). The van der Waals surface area contributed by atoms with Crippen LogP contribution in [0.5, 0.6) is 0 Å². The van der Waals surface area contributed by atoms with Crippen LogP contribution in [0.25, 0.3) is 0 Å². The molecule has 1 aromatic carbocycles. The fourth-order valence-electron chi connectivity index (χ4n) is 2.34. The van der Waals surface area contributed by atoms with Crippen molar-refractivity contribution >= 4 is 34.9 Å². The molecule has 0 aliphatic heterocycles. The van der Waals surface area contributed by atoms with Crippen LogP contribution >= 0.6 is 11.6 Å². The standard InChI is InChI=1S/C14H13ClN2O5/c15-11-6-5-8(7-12(11)17(21)22)16-13(18)9-3-1-2-4-10(9)14(19)20/h1-2,5-7,9-10H,3-4H2,(H,16,18)(H,19,20)/t9-,10+/m0/s1. The van der Waals surface area contributed by atoms with Gasteiger partial charge in [-0.1, -0.05) is 23.8 Å². The Labute approximate surface area is 130 Å². The van der Waals surface area contributed by atoms with Crippen LogP contribution in [-0.2, 0) is 9.59 Å². The Hall–Kier alpha value is -2.41. The van der Waals surface area contributed by atoms with E-state index >= 15 is 0 Å². The van der Waals surface area contributed by atoms with Gasteiger partial charge in [0.15, 0.2) is 0 Å². The highest BCUT2D eigenvalue weighted by molar-refractivity contribution is 6.32. The number of nitrogens with zero attached hydrogens (tertiary/aromatic N) is 1. The van der Waals surface area contributed by atoms with E-state index in [1.54, 1.807) is 12.2 Å². The van der Waals surface area contributed by atoms with Crippen LogP contribution in [0, 0.1) is 22.0 Å². The molecule has 1 aliphatic carbocycles. The van der Waals surface area contributed by atoms with Gasteiger partial charge in [0.1, 0.15) is 5.02 Å². The molecule has 0 bridgehead atoms. The molecular weight excluding hydrogens is 312 g/mol. The summed E-state index contributed by atoms with van der Waals surface area (Å²) in [6, 6.07) is 3.89.